The van der Waals surface area contributed by atoms with Gasteiger partial charge in [-0.25, -0.2) is 18.7 Å². The third kappa shape index (κ3) is 15.5. The summed E-state index contributed by atoms with van der Waals surface area (Å²) in [6, 6.07) is 40.9. The van der Waals surface area contributed by atoms with Crippen molar-refractivity contribution in [3.05, 3.63) is 225 Å². The van der Waals surface area contributed by atoms with Gasteiger partial charge in [-0.05, 0) is 150 Å². The molecule has 0 saturated heterocycles. The number of aryl methyl sites for hydroxylation is 1. The summed E-state index contributed by atoms with van der Waals surface area (Å²) in [6.07, 6.45) is 6.54. The molecule has 0 radical (unpaired) electrons. The molecule has 0 N–H and O–H groups in total. The van der Waals surface area contributed by atoms with E-state index in [1.807, 2.05) is 119 Å². The van der Waals surface area contributed by atoms with Crippen molar-refractivity contribution < 1.29 is 38.8 Å². The zero-order valence-corrected chi connectivity index (χ0v) is 47.7. The standard InChI is InChI=1S/C31H35FN4O2.C31H33FN4O2.CH3.Pd/c2*1-5-8-23-11-13-24(14-12-23)21-29(37)35(20-19-34(3)4)22(2)30-33-28-10-7-6-9-27(28)31(38)36(30)26-17-15-25(32)16-18-26;;/h6-7,9-18,22H,5,8,19-21H2,1-4H3;5-18,22H,19-21H2,1-4H3;1H3;/q;;-1;. The fraction of sp³-hybridized carbons (Fsp3) is 0.286. The van der Waals surface area contributed by atoms with Crippen LogP contribution in [0.3, 0.4) is 0 Å². The van der Waals surface area contributed by atoms with Crippen LogP contribution in [0.15, 0.2) is 161 Å². The summed E-state index contributed by atoms with van der Waals surface area (Å²) in [7, 11) is 7.83. The summed E-state index contributed by atoms with van der Waals surface area (Å²) >= 11 is 0. The maximum absolute atomic E-state index is 13.7. The van der Waals surface area contributed by atoms with Crippen LogP contribution in [0.1, 0.15) is 80.1 Å². The van der Waals surface area contributed by atoms with Gasteiger partial charge in [0.25, 0.3) is 11.1 Å². The van der Waals surface area contributed by atoms with Gasteiger partial charge in [-0.1, -0.05) is 98.3 Å². The van der Waals surface area contributed by atoms with Gasteiger partial charge in [0.2, 0.25) is 11.8 Å². The summed E-state index contributed by atoms with van der Waals surface area (Å²) in [6.45, 7) is 10.1. The number of benzene rings is 6. The first-order valence-electron chi connectivity index (χ1n) is 25.8. The van der Waals surface area contributed by atoms with Gasteiger partial charge < -0.3 is 27.0 Å². The molecule has 8 rings (SSSR count). The second-order valence-electron chi connectivity index (χ2n) is 19.5. The molecule has 8 aromatic rings. The Bertz CT molecular complexity index is 3400. The minimum atomic E-state index is -0.521. The Morgan fingerprint density at radius 3 is 1.29 bits per heavy atom. The number of fused-ring (bicyclic) bond motifs is 2. The molecule has 0 aliphatic rings. The molecular weight excluding hydrogens is 1080 g/mol. The van der Waals surface area contributed by atoms with Crippen molar-refractivity contribution >= 4 is 39.7 Å². The molecular formula is C63H71F2N8O4Pd-. The Balaban J connectivity index is 0.000000280. The molecule has 412 valence electrons. The van der Waals surface area contributed by atoms with Crippen molar-refractivity contribution in [2.24, 2.45) is 0 Å². The number of hydrogen-bond donors (Lipinski definition) is 0. The van der Waals surface area contributed by atoms with Crippen LogP contribution < -0.4 is 11.1 Å². The van der Waals surface area contributed by atoms with Gasteiger partial charge >= 0.3 is 0 Å². The van der Waals surface area contributed by atoms with Crippen molar-refractivity contribution in [2.45, 2.75) is 65.5 Å². The number of carbonyl (C=O) groups is 2. The summed E-state index contributed by atoms with van der Waals surface area (Å²) < 4.78 is 30.5. The SMILES string of the molecule is CC=Cc1ccc(CC(=O)N(CCN(C)C)C(C)c2nc3ccccc3c(=O)n2-c2ccc(F)cc2)cc1.CCCc1ccc(CC(=O)N(CCN(C)C)C(C)c2nc3ccccc3c(=O)n2-c2ccc(F)cc2)cc1.[CH3-].[Pd]. The van der Waals surface area contributed by atoms with Crippen LogP contribution in [0.2, 0.25) is 0 Å². The smallest absolute Gasteiger partial charge is 0.266 e. The molecule has 12 nitrogen and oxygen atoms in total. The molecule has 0 aliphatic heterocycles. The topological polar surface area (TPSA) is 117 Å². The maximum atomic E-state index is 13.7. The quantitative estimate of drug-likeness (QED) is 0.0581. The molecule has 2 unspecified atom stereocenters. The van der Waals surface area contributed by atoms with E-state index in [-0.39, 0.29) is 63.6 Å². The molecule has 2 atom stereocenters. The minimum Gasteiger partial charge on any atom is -0.358 e. The van der Waals surface area contributed by atoms with E-state index in [0.717, 1.165) is 29.5 Å². The molecule has 0 saturated carbocycles. The van der Waals surface area contributed by atoms with Gasteiger partial charge in [0.15, 0.2) is 0 Å². The summed E-state index contributed by atoms with van der Waals surface area (Å²) in [5, 5.41) is 0.922. The zero-order chi connectivity index (χ0) is 54.5. The van der Waals surface area contributed by atoms with Gasteiger partial charge in [0.1, 0.15) is 23.3 Å². The molecule has 0 fully saturated rings. The van der Waals surface area contributed by atoms with Gasteiger partial charge in [0.05, 0.1) is 58.1 Å². The van der Waals surface area contributed by atoms with Crippen molar-refractivity contribution in [1.82, 2.24) is 38.7 Å². The normalized spacial score (nSPS) is 11.9. The van der Waals surface area contributed by atoms with E-state index in [2.05, 4.69) is 19.1 Å². The van der Waals surface area contributed by atoms with Crippen molar-refractivity contribution in [3.63, 3.8) is 0 Å². The van der Waals surface area contributed by atoms with E-state index in [0.29, 0.717) is 71.0 Å². The summed E-state index contributed by atoms with van der Waals surface area (Å²) in [4.78, 5) is 72.2. The zero-order valence-electron chi connectivity index (χ0n) is 46.1. The Kier molecular flexibility index (Phi) is 22.8. The van der Waals surface area contributed by atoms with E-state index in [4.69, 9.17) is 9.97 Å². The summed E-state index contributed by atoms with van der Waals surface area (Å²) in [5.41, 5.74) is 5.78. The number of allylic oxidation sites excluding steroid dienone is 1. The average molecular weight is 1150 g/mol. The van der Waals surface area contributed by atoms with Crippen LogP contribution >= 0.6 is 0 Å². The third-order valence-corrected chi connectivity index (χ3v) is 13.3. The number of aromatic nitrogens is 4. The molecule has 15 heteroatoms. The van der Waals surface area contributed by atoms with E-state index >= 15 is 0 Å². The number of halogens is 2. The third-order valence-electron chi connectivity index (χ3n) is 13.3. The van der Waals surface area contributed by atoms with E-state index in [1.165, 1.54) is 39.0 Å². The van der Waals surface area contributed by atoms with Crippen molar-refractivity contribution in [2.75, 3.05) is 54.4 Å². The van der Waals surface area contributed by atoms with Crippen LogP contribution in [-0.2, 0) is 49.3 Å². The molecule has 78 heavy (non-hydrogen) atoms. The number of carbonyl (C=O) groups excluding carboxylic acids is 2. The van der Waals surface area contributed by atoms with E-state index in [9.17, 15) is 28.0 Å². The first-order valence-corrected chi connectivity index (χ1v) is 25.8. The molecule has 0 bridgehead atoms. The predicted octanol–water partition coefficient (Wildman–Crippen LogP) is 10.9. The molecule has 0 spiro atoms. The van der Waals surface area contributed by atoms with Crippen LogP contribution in [0, 0.1) is 19.1 Å². The molecule has 2 aromatic heterocycles. The van der Waals surface area contributed by atoms with Crippen LogP contribution in [0.5, 0.6) is 0 Å². The van der Waals surface area contributed by atoms with Gasteiger partial charge in [-0.3, -0.25) is 28.3 Å². The molecule has 2 heterocycles. The monoisotopic (exact) mass is 1150 g/mol. The minimum absolute atomic E-state index is 0. The maximum Gasteiger partial charge on any atom is 0.266 e. The number of amides is 2. The molecule has 0 aliphatic carbocycles. The number of likely N-dealkylation sites (N-methyl/N-ethyl adjacent to an activating group) is 2. The van der Waals surface area contributed by atoms with Crippen molar-refractivity contribution in [1.29, 1.82) is 0 Å². The molecule has 6 aromatic carbocycles. The largest absolute Gasteiger partial charge is 0.358 e. The predicted molar refractivity (Wildman–Crippen MR) is 307 cm³/mol. The average Bonchev–Trinajstić information content (AvgIpc) is 3.49. The van der Waals surface area contributed by atoms with Crippen LogP contribution in [-0.4, -0.2) is 105 Å². The second kappa shape index (κ2) is 28.9. The van der Waals surface area contributed by atoms with Gasteiger partial charge in [-0.15, -0.1) is 0 Å². The van der Waals surface area contributed by atoms with Gasteiger partial charge in [0, 0.05) is 46.6 Å². The Morgan fingerprint density at radius 1 is 0.551 bits per heavy atom. The number of para-hydroxylation sites is 2. The van der Waals surface area contributed by atoms with E-state index < -0.39 is 23.7 Å². The Hall–Kier alpha value is -7.28. The fourth-order valence-corrected chi connectivity index (χ4v) is 9.11. The van der Waals surface area contributed by atoms with Crippen LogP contribution in [0.25, 0.3) is 39.3 Å². The van der Waals surface area contributed by atoms with Crippen molar-refractivity contribution in [3.8, 4) is 11.4 Å². The number of hydrogen-bond acceptors (Lipinski definition) is 8. The second-order valence-corrected chi connectivity index (χ2v) is 19.5. The van der Waals surface area contributed by atoms with Crippen LogP contribution in [0.4, 0.5) is 8.78 Å². The van der Waals surface area contributed by atoms with Gasteiger partial charge in [-0.2, -0.15) is 0 Å². The van der Waals surface area contributed by atoms with E-state index in [1.54, 1.807) is 70.5 Å². The number of nitrogens with zero attached hydrogens (tertiary/aromatic N) is 8. The Morgan fingerprint density at radius 2 is 0.923 bits per heavy atom. The number of rotatable bonds is 19. The first kappa shape index (κ1) is 61.6. The summed E-state index contributed by atoms with van der Waals surface area (Å²) in [5.74, 6) is -0.0327. The Labute approximate surface area is 471 Å². The fourth-order valence-electron chi connectivity index (χ4n) is 9.11. The first-order chi connectivity index (χ1) is 36.6. The molecule has 2 amide bonds.